The fraction of sp³-hybridized carbons (Fsp3) is 0.269. The van der Waals surface area contributed by atoms with Gasteiger partial charge in [-0.05, 0) is 50.2 Å². The van der Waals surface area contributed by atoms with Gasteiger partial charge in [0, 0.05) is 28.7 Å². The van der Waals surface area contributed by atoms with Crippen LogP contribution < -0.4 is 24.7 Å². The summed E-state index contributed by atoms with van der Waals surface area (Å²) in [7, 11) is 1.39. The quantitative estimate of drug-likeness (QED) is 0.355. The van der Waals surface area contributed by atoms with Crippen molar-refractivity contribution in [2.24, 2.45) is 5.73 Å². The van der Waals surface area contributed by atoms with E-state index >= 15 is 0 Å². The van der Waals surface area contributed by atoms with Crippen LogP contribution in [0.25, 0.3) is 5.69 Å². The van der Waals surface area contributed by atoms with Crippen LogP contribution in [0.3, 0.4) is 0 Å². The number of methoxy groups -OCH3 is 1. The number of carbonyl (C=O) groups excluding carboxylic acids is 3. The average Bonchev–Trinajstić information content (AvgIpc) is 3.18. The average molecular weight is 495 g/mol. The van der Waals surface area contributed by atoms with E-state index in [1.807, 2.05) is 36.6 Å². The molecule has 10 heteroatoms. The number of rotatable bonds is 9. The Balaban J connectivity index is 1.46. The zero-order chi connectivity index (χ0) is 25.8. The zero-order valence-electron chi connectivity index (χ0n) is 20.2. The van der Waals surface area contributed by atoms with Gasteiger partial charge >= 0.3 is 5.97 Å². The summed E-state index contributed by atoms with van der Waals surface area (Å²) in [5.74, 6) is 0.106. The third kappa shape index (κ3) is 5.12. The number of hydrogen-bond acceptors (Lipinski definition) is 8. The van der Waals surface area contributed by atoms with Crippen LogP contribution >= 0.6 is 0 Å². The second-order valence-electron chi connectivity index (χ2n) is 8.07. The summed E-state index contributed by atoms with van der Waals surface area (Å²) in [6.07, 6.45) is 0. The van der Waals surface area contributed by atoms with Gasteiger partial charge < -0.3 is 34.0 Å². The van der Waals surface area contributed by atoms with Crippen LogP contribution in [0, 0.1) is 13.8 Å². The first-order chi connectivity index (χ1) is 17.3. The summed E-state index contributed by atoms with van der Waals surface area (Å²) in [6.45, 7) is 3.93. The lowest BCUT2D eigenvalue weighted by Crippen LogP contribution is -2.20. The van der Waals surface area contributed by atoms with Crippen molar-refractivity contribution >= 4 is 17.7 Å². The molecule has 0 radical (unpaired) electrons. The van der Waals surface area contributed by atoms with Gasteiger partial charge in [0.15, 0.2) is 36.2 Å². The maximum absolute atomic E-state index is 12.9. The van der Waals surface area contributed by atoms with E-state index in [1.54, 1.807) is 6.07 Å². The highest BCUT2D eigenvalue weighted by atomic mass is 16.6. The molecule has 2 aromatic carbocycles. The van der Waals surface area contributed by atoms with Crippen molar-refractivity contribution in [3.63, 3.8) is 0 Å². The Kier molecular flexibility index (Phi) is 7.14. The van der Waals surface area contributed by atoms with Crippen molar-refractivity contribution in [1.82, 2.24) is 4.57 Å². The molecule has 3 aromatic rings. The number of hydrogen-bond donors (Lipinski definition) is 1. The molecule has 1 aliphatic heterocycles. The number of nitrogens with zero attached hydrogens (tertiary/aromatic N) is 1. The monoisotopic (exact) mass is 494 g/mol. The number of nitrogens with two attached hydrogens (primary N) is 1. The van der Waals surface area contributed by atoms with E-state index in [-0.39, 0.29) is 29.5 Å². The lowest BCUT2D eigenvalue weighted by molar-refractivity contribution is -0.119. The van der Waals surface area contributed by atoms with Crippen LogP contribution in [0.4, 0.5) is 0 Å². The van der Waals surface area contributed by atoms with E-state index in [9.17, 15) is 14.4 Å². The van der Waals surface area contributed by atoms with Crippen LogP contribution in [0.2, 0.25) is 0 Å². The Morgan fingerprint density at radius 1 is 0.944 bits per heavy atom. The number of fused-ring (bicyclic) bond motifs is 1. The number of carbonyl (C=O) groups is 3. The molecule has 0 saturated heterocycles. The third-order valence-electron chi connectivity index (χ3n) is 5.62. The Morgan fingerprint density at radius 3 is 2.42 bits per heavy atom. The molecule has 0 saturated carbocycles. The molecule has 188 valence electrons. The molecule has 0 fully saturated rings. The number of amides is 1. The lowest BCUT2D eigenvalue weighted by Gasteiger charge is -2.20. The Hall–Kier alpha value is -4.47. The van der Waals surface area contributed by atoms with E-state index < -0.39 is 18.5 Å². The molecular formula is C26H26N2O8. The van der Waals surface area contributed by atoms with E-state index in [1.165, 1.54) is 25.3 Å². The molecule has 0 spiro atoms. The molecule has 0 bridgehead atoms. The molecule has 2 heterocycles. The summed E-state index contributed by atoms with van der Waals surface area (Å²) >= 11 is 0. The zero-order valence-corrected chi connectivity index (χ0v) is 20.2. The molecule has 1 aromatic heterocycles. The van der Waals surface area contributed by atoms with Crippen LogP contribution in [0.15, 0.2) is 42.5 Å². The summed E-state index contributed by atoms with van der Waals surface area (Å²) in [4.78, 5) is 36.4. The van der Waals surface area contributed by atoms with E-state index in [0.717, 1.165) is 11.4 Å². The SMILES string of the molecule is COc1cc(C(=O)OCC(=O)c2cc(C)n(-c3ccc4c(c3)OCCO4)c2C)ccc1OCC(N)=O. The molecule has 0 aliphatic carbocycles. The molecule has 1 amide bonds. The summed E-state index contributed by atoms with van der Waals surface area (Å²) < 4.78 is 28.9. The van der Waals surface area contributed by atoms with Crippen LogP contribution in [0.5, 0.6) is 23.0 Å². The van der Waals surface area contributed by atoms with Gasteiger partial charge in [-0.25, -0.2) is 4.79 Å². The summed E-state index contributed by atoms with van der Waals surface area (Å²) in [5.41, 5.74) is 8.07. The second-order valence-corrected chi connectivity index (χ2v) is 8.07. The van der Waals surface area contributed by atoms with Gasteiger partial charge in [-0.3, -0.25) is 9.59 Å². The van der Waals surface area contributed by atoms with Crippen LogP contribution in [-0.2, 0) is 9.53 Å². The molecule has 36 heavy (non-hydrogen) atoms. The van der Waals surface area contributed by atoms with E-state index in [2.05, 4.69) is 0 Å². The Labute approximate surface area is 207 Å². The Bertz CT molecular complexity index is 1330. The topological polar surface area (TPSA) is 128 Å². The van der Waals surface area contributed by atoms with Crippen LogP contribution in [-0.4, -0.2) is 55.8 Å². The number of ketones is 1. The normalized spacial score (nSPS) is 12.1. The van der Waals surface area contributed by atoms with Crippen LogP contribution in [0.1, 0.15) is 32.1 Å². The standard InChI is InChI=1S/C26H26N2O8/c1-15-10-19(16(2)28(15)18-5-7-22-24(12-18)34-9-8-33-22)20(29)13-36-26(31)17-4-6-21(23(11-17)32-3)35-14-25(27)30/h4-7,10-12H,8-9,13-14H2,1-3H3,(H2,27,30). The molecule has 0 unspecified atom stereocenters. The van der Waals surface area contributed by atoms with Crippen molar-refractivity contribution in [2.75, 3.05) is 33.5 Å². The van der Waals surface area contributed by atoms with Gasteiger partial charge in [-0.2, -0.15) is 0 Å². The number of benzene rings is 2. The van der Waals surface area contributed by atoms with Crippen molar-refractivity contribution < 1.29 is 38.1 Å². The fourth-order valence-electron chi connectivity index (χ4n) is 3.97. The largest absolute Gasteiger partial charge is 0.493 e. The lowest BCUT2D eigenvalue weighted by atomic mass is 10.1. The first kappa shape index (κ1) is 24.6. The van der Waals surface area contributed by atoms with Crippen molar-refractivity contribution in [1.29, 1.82) is 0 Å². The third-order valence-corrected chi connectivity index (χ3v) is 5.62. The maximum atomic E-state index is 12.9. The van der Waals surface area contributed by atoms with Crippen molar-refractivity contribution in [2.45, 2.75) is 13.8 Å². The molecule has 4 rings (SSSR count). The van der Waals surface area contributed by atoms with Gasteiger partial charge in [-0.15, -0.1) is 0 Å². The highest BCUT2D eigenvalue weighted by Gasteiger charge is 2.21. The molecule has 1 aliphatic rings. The van der Waals surface area contributed by atoms with Gasteiger partial charge in [-0.1, -0.05) is 0 Å². The molecule has 10 nitrogen and oxygen atoms in total. The predicted octanol–water partition coefficient (Wildman–Crippen LogP) is 2.78. The number of Topliss-reactive ketones (excluding diaryl/α,β-unsaturated/α-hetero) is 1. The van der Waals surface area contributed by atoms with Gasteiger partial charge in [0.2, 0.25) is 5.78 Å². The first-order valence-electron chi connectivity index (χ1n) is 11.2. The minimum atomic E-state index is -0.705. The Morgan fingerprint density at radius 2 is 1.69 bits per heavy atom. The number of aryl methyl sites for hydroxylation is 1. The minimum absolute atomic E-state index is 0.160. The first-order valence-corrected chi connectivity index (χ1v) is 11.2. The highest BCUT2D eigenvalue weighted by Crippen LogP contribution is 2.33. The van der Waals surface area contributed by atoms with E-state index in [4.69, 9.17) is 29.4 Å². The predicted molar refractivity (Wildman–Crippen MR) is 129 cm³/mol. The summed E-state index contributed by atoms with van der Waals surface area (Å²) in [6, 6.07) is 11.7. The van der Waals surface area contributed by atoms with Gasteiger partial charge in [0.1, 0.15) is 13.2 Å². The molecular weight excluding hydrogens is 468 g/mol. The van der Waals surface area contributed by atoms with Crippen molar-refractivity contribution in [3.8, 4) is 28.7 Å². The maximum Gasteiger partial charge on any atom is 0.338 e. The molecule has 2 N–H and O–H groups in total. The van der Waals surface area contributed by atoms with Crippen molar-refractivity contribution in [3.05, 3.63) is 65.0 Å². The number of esters is 1. The highest BCUT2D eigenvalue weighted by molar-refractivity contribution is 6.00. The second kappa shape index (κ2) is 10.4. The van der Waals surface area contributed by atoms with Gasteiger partial charge in [0.25, 0.3) is 5.91 Å². The number of ether oxygens (including phenoxy) is 5. The van der Waals surface area contributed by atoms with E-state index in [0.29, 0.717) is 36.0 Å². The minimum Gasteiger partial charge on any atom is -0.493 e. The number of primary amides is 1. The molecule has 0 atom stereocenters. The smallest absolute Gasteiger partial charge is 0.338 e. The summed E-state index contributed by atoms with van der Waals surface area (Å²) in [5, 5.41) is 0. The number of aromatic nitrogens is 1. The van der Waals surface area contributed by atoms with Gasteiger partial charge in [0.05, 0.1) is 12.7 Å². The fourth-order valence-corrected chi connectivity index (χ4v) is 3.97.